The van der Waals surface area contributed by atoms with Crippen molar-refractivity contribution in [3.05, 3.63) is 29.8 Å². The van der Waals surface area contributed by atoms with Gasteiger partial charge >= 0.3 is 0 Å². The molecule has 0 fully saturated rings. The van der Waals surface area contributed by atoms with Crippen molar-refractivity contribution >= 4 is 21.8 Å². The number of alkyl halides is 1. The predicted octanol–water partition coefficient (Wildman–Crippen LogP) is 3.24. The van der Waals surface area contributed by atoms with E-state index in [1.807, 2.05) is 25.1 Å². The number of rotatable bonds is 6. The Hall–Kier alpha value is -1.03. The molecule has 18 heavy (non-hydrogen) atoms. The van der Waals surface area contributed by atoms with Gasteiger partial charge in [-0.1, -0.05) is 41.9 Å². The minimum absolute atomic E-state index is 0.0379. The molecule has 0 heterocycles. The number of halogens is 1. The Morgan fingerprint density at radius 3 is 2.67 bits per heavy atom. The van der Waals surface area contributed by atoms with Crippen LogP contribution in [0.4, 0.5) is 0 Å². The van der Waals surface area contributed by atoms with Gasteiger partial charge in [-0.05, 0) is 24.5 Å². The molecule has 1 N–H and O–H groups in total. The summed E-state index contributed by atoms with van der Waals surface area (Å²) in [5.74, 6) is 0.544. The van der Waals surface area contributed by atoms with Crippen LogP contribution in [0.15, 0.2) is 24.3 Å². The van der Waals surface area contributed by atoms with Crippen LogP contribution in [0.5, 0.6) is 5.75 Å². The van der Waals surface area contributed by atoms with Crippen LogP contribution in [-0.4, -0.2) is 24.4 Å². The zero-order chi connectivity index (χ0) is 13.6. The van der Waals surface area contributed by atoms with E-state index in [0.29, 0.717) is 24.5 Å². The van der Waals surface area contributed by atoms with Gasteiger partial charge in [0.1, 0.15) is 5.75 Å². The van der Waals surface area contributed by atoms with Crippen molar-refractivity contribution in [1.82, 2.24) is 5.32 Å². The largest absolute Gasteiger partial charge is 0.493 e. The Bertz CT molecular complexity index is 405. The summed E-state index contributed by atoms with van der Waals surface area (Å²) < 4.78 is 5.45. The first-order valence-corrected chi connectivity index (χ1v) is 7.18. The maximum absolute atomic E-state index is 12.1. The van der Waals surface area contributed by atoms with E-state index >= 15 is 0 Å². The van der Waals surface area contributed by atoms with Crippen LogP contribution in [0.2, 0.25) is 0 Å². The van der Waals surface area contributed by atoms with Gasteiger partial charge in [0.25, 0.3) is 5.91 Å². The lowest BCUT2D eigenvalue weighted by molar-refractivity contribution is 0.0936. The second kappa shape index (κ2) is 6.78. The molecule has 0 unspecified atom stereocenters. The Balaban J connectivity index is 2.72. The SMILES string of the molecule is CCOc1ccccc1C(=O)NCC(C)(C)CBr. The third-order valence-electron chi connectivity index (χ3n) is 2.52. The third kappa shape index (κ3) is 4.33. The highest BCUT2D eigenvalue weighted by Gasteiger charge is 2.19. The maximum atomic E-state index is 12.1. The first-order valence-electron chi connectivity index (χ1n) is 6.06. The standard InChI is InChI=1S/C14H20BrNO2/c1-4-18-12-8-6-5-7-11(12)13(17)16-10-14(2,3)9-15/h5-8H,4,9-10H2,1-3H3,(H,16,17). The molecule has 1 rings (SSSR count). The van der Waals surface area contributed by atoms with Gasteiger partial charge in [-0.3, -0.25) is 4.79 Å². The zero-order valence-corrected chi connectivity index (χ0v) is 12.7. The molecule has 0 aromatic heterocycles. The predicted molar refractivity (Wildman–Crippen MR) is 77.5 cm³/mol. The number of nitrogens with one attached hydrogen (secondary N) is 1. The number of carbonyl (C=O) groups excluding carboxylic acids is 1. The summed E-state index contributed by atoms with van der Waals surface area (Å²) in [5, 5.41) is 3.78. The smallest absolute Gasteiger partial charge is 0.255 e. The van der Waals surface area contributed by atoms with E-state index < -0.39 is 0 Å². The highest BCUT2D eigenvalue weighted by molar-refractivity contribution is 9.09. The zero-order valence-electron chi connectivity index (χ0n) is 11.1. The van der Waals surface area contributed by atoms with Crippen LogP contribution in [0.25, 0.3) is 0 Å². The molecule has 1 aromatic rings. The maximum Gasteiger partial charge on any atom is 0.255 e. The van der Waals surface area contributed by atoms with E-state index in [1.54, 1.807) is 6.07 Å². The number of carbonyl (C=O) groups is 1. The fraction of sp³-hybridized carbons (Fsp3) is 0.500. The van der Waals surface area contributed by atoms with Gasteiger partial charge in [-0.15, -0.1) is 0 Å². The summed E-state index contributed by atoms with van der Waals surface area (Å²) in [7, 11) is 0. The quantitative estimate of drug-likeness (QED) is 0.819. The Kier molecular flexibility index (Phi) is 5.66. The Labute approximate surface area is 117 Å². The molecule has 0 bridgehead atoms. The molecule has 1 aromatic carbocycles. The van der Waals surface area contributed by atoms with Crippen LogP contribution >= 0.6 is 15.9 Å². The molecule has 0 saturated carbocycles. The van der Waals surface area contributed by atoms with Gasteiger partial charge in [-0.25, -0.2) is 0 Å². The summed E-state index contributed by atoms with van der Waals surface area (Å²) in [6.45, 7) is 7.27. The van der Waals surface area contributed by atoms with Crippen LogP contribution in [-0.2, 0) is 0 Å². The number of benzene rings is 1. The topological polar surface area (TPSA) is 38.3 Å². The molecule has 1 amide bonds. The van der Waals surface area contributed by atoms with Gasteiger partial charge in [0.15, 0.2) is 0 Å². The molecule has 4 heteroatoms. The Morgan fingerprint density at radius 2 is 2.06 bits per heavy atom. The highest BCUT2D eigenvalue weighted by atomic mass is 79.9. The van der Waals surface area contributed by atoms with Crippen molar-refractivity contribution in [2.24, 2.45) is 5.41 Å². The number of hydrogen-bond donors (Lipinski definition) is 1. The molecular formula is C14H20BrNO2. The average molecular weight is 314 g/mol. The van der Waals surface area contributed by atoms with Crippen molar-refractivity contribution in [2.75, 3.05) is 18.5 Å². The number of amides is 1. The summed E-state index contributed by atoms with van der Waals surface area (Å²) in [4.78, 5) is 12.1. The normalized spacial score (nSPS) is 11.1. The van der Waals surface area contributed by atoms with Crippen molar-refractivity contribution in [1.29, 1.82) is 0 Å². The molecule has 0 atom stereocenters. The lowest BCUT2D eigenvalue weighted by Crippen LogP contribution is -2.35. The van der Waals surface area contributed by atoms with E-state index in [-0.39, 0.29) is 11.3 Å². The first-order chi connectivity index (χ1) is 8.50. The van der Waals surface area contributed by atoms with Gasteiger partial charge in [0.05, 0.1) is 12.2 Å². The van der Waals surface area contributed by atoms with Gasteiger partial charge < -0.3 is 10.1 Å². The number of ether oxygens (including phenoxy) is 1. The van der Waals surface area contributed by atoms with Gasteiger partial charge in [0, 0.05) is 11.9 Å². The fourth-order valence-corrected chi connectivity index (χ4v) is 1.60. The molecule has 0 saturated heterocycles. The summed E-state index contributed by atoms with van der Waals surface area (Å²) in [5.41, 5.74) is 0.626. The minimum Gasteiger partial charge on any atom is -0.493 e. The van der Waals surface area contributed by atoms with E-state index in [4.69, 9.17) is 4.74 Å². The van der Waals surface area contributed by atoms with Crippen molar-refractivity contribution in [3.63, 3.8) is 0 Å². The lowest BCUT2D eigenvalue weighted by atomic mass is 9.97. The van der Waals surface area contributed by atoms with Crippen molar-refractivity contribution in [2.45, 2.75) is 20.8 Å². The van der Waals surface area contributed by atoms with E-state index in [1.165, 1.54) is 0 Å². The van der Waals surface area contributed by atoms with Gasteiger partial charge in [-0.2, -0.15) is 0 Å². The molecular weight excluding hydrogens is 294 g/mol. The van der Waals surface area contributed by atoms with E-state index in [9.17, 15) is 4.79 Å². The molecule has 0 aliphatic heterocycles. The molecule has 3 nitrogen and oxygen atoms in total. The number of hydrogen-bond acceptors (Lipinski definition) is 2. The average Bonchev–Trinajstić information content (AvgIpc) is 2.37. The third-order valence-corrected chi connectivity index (χ3v) is 4.04. The fourth-order valence-electron chi connectivity index (χ4n) is 1.40. The van der Waals surface area contributed by atoms with Crippen LogP contribution in [0.1, 0.15) is 31.1 Å². The highest BCUT2D eigenvalue weighted by Crippen LogP contribution is 2.19. The number of para-hydroxylation sites is 1. The van der Waals surface area contributed by atoms with Crippen LogP contribution in [0.3, 0.4) is 0 Å². The molecule has 100 valence electrons. The molecule has 0 radical (unpaired) electrons. The van der Waals surface area contributed by atoms with Crippen LogP contribution in [0, 0.1) is 5.41 Å². The van der Waals surface area contributed by atoms with Crippen molar-refractivity contribution < 1.29 is 9.53 Å². The second-order valence-corrected chi connectivity index (χ2v) is 5.47. The second-order valence-electron chi connectivity index (χ2n) is 4.91. The monoisotopic (exact) mass is 313 g/mol. The first kappa shape index (κ1) is 15.0. The summed E-state index contributed by atoms with van der Waals surface area (Å²) in [6.07, 6.45) is 0. The van der Waals surface area contributed by atoms with Gasteiger partial charge in [0.2, 0.25) is 0 Å². The molecule has 0 spiro atoms. The van der Waals surface area contributed by atoms with E-state index in [0.717, 1.165) is 5.33 Å². The minimum atomic E-state index is -0.0897. The summed E-state index contributed by atoms with van der Waals surface area (Å²) >= 11 is 3.44. The summed E-state index contributed by atoms with van der Waals surface area (Å²) in [6, 6.07) is 7.30. The van der Waals surface area contributed by atoms with Crippen molar-refractivity contribution in [3.8, 4) is 5.75 Å². The molecule has 0 aliphatic rings. The molecule has 0 aliphatic carbocycles. The lowest BCUT2D eigenvalue weighted by Gasteiger charge is -2.22. The Morgan fingerprint density at radius 1 is 1.39 bits per heavy atom. The van der Waals surface area contributed by atoms with E-state index in [2.05, 4.69) is 35.1 Å². The van der Waals surface area contributed by atoms with Crippen LogP contribution < -0.4 is 10.1 Å².